The quantitative estimate of drug-likeness (QED) is 0.734. The SMILES string of the molecule is CCCNC(Cc1cc(Cl)ccc1Cl)c1ccoc1CC. The van der Waals surface area contributed by atoms with E-state index in [1.807, 2.05) is 24.3 Å². The molecule has 1 aromatic carbocycles. The summed E-state index contributed by atoms with van der Waals surface area (Å²) in [5, 5.41) is 5.05. The maximum Gasteiger partial charge on any atom is 0.108 e. The van der Waals surface area contributed by atoms with Gasteiger partial charge in [0.1, 0.15) is 5.76 Å². The Morgan fingerprint density at radius 3 is 2.71 bits per heavy atom. The van der Waals surface area contributed by atoms with Crippen LogP contribution in [0.5, 0.6) is 0 Å². The standard InChI is InChI=1S/C17H21Cl2NO/c1-3-8-20-16(14-7-9-21-17(14)4-2)11-12-10-13(18)5-6-15(12)19/h5-7,9-10,16,20H,3-4,8,11H2,1-2H3. The number of benzene rings is 1. The minimum absolute atomic E-state index is 0.189. The van der Waals surface area contributed by atoms with Gasteiger partial charge in [0.25, 0.3) is 0 Å². The van der Waals surface area contributed by atoms with Gasteiger partial charge in [-0.1, -0.05) is 37.0 Å². The molecule has 0 radical (unpaired) electrons. The molecule has 0 saturated heterocycles. The van der Waals surface area contributed by atoms with Gasteiger partial charge in [-0.15, -0.1) is 0 Å². The van der Waals surface area contributed by atoms with Crippen LogP contribution in [0.15, 0.2) is 34.9 Å². The van der Waals surface area contributed by atoms with E-state index in [1.165, 1.54) is 5.56 Å². The Labute approximate surface area is 136 Å². The molecular formula is C17H21Cl2NO. The number of nitrogens with one attached hydrogen (secondary N) is 1. The third-order valence-electron chi connectivity index (χ3n) is 3.55. The summed E-state index contributed by atoms with van der Waals surface area (Å²) in [7, 11) is 0. The van der Waals surface area contributed by atoms with Crippen molar-refractivity contribution in [1.82, 2.24) is 5.32 Å². The van der Waals surface area contributed by atoms with E-state index in [0.29, 0.717) is 5.02 Å². The molecule has 2 nitrogen and oxygen atoms in total. The molecule has 2 rings (SSSR count). The van der Waals surface area contributed by atoms with E-state index in [4.69, 9.17) is 27.6 Å². The lowest BCUT2D eigenvalue weighted by Crippen LogP contribution is -2.24. The van der Waals surface area contributed by atoms with Gasteiger partial charge in [0.05, 0.1) is 6.26 Å². The zero-order valence-electron chi connectivity index (χ0n) is 12.5. The molecule has 114 valence electrons. The first-order valence-electron chi connectivity index (χ1n) is 7.39. The van der Waals surface area contributed by atoms with Crippen LogP contribution in [0.25, 0.3) is 0 Å². The molecule has 1 heterocycles. The van der Waals surface area contributed by atoms with Gasteiger partial charge < -0.3 is 9.73 Å². The molecule has 4 heteroatoms. The summed E-state index contributed by atoms with van der Waals surface area (Å²) < 4.78 is 5.57. The van der Waals surface area contributed by atoms with Crippen LogP contribution in [0, 0.1) is 0 Å². The third kappa shape index (κ3) is 4.26. The van der Waals surface area contributed by atoms with Crippen molar-refractivity contribution in [3.05, 3.63) is 57.5 Å². The molecular weight excluding hydrogens is 305 g/mol. The Kier molecular flexibility index (Phi) is 6.16. The van der Waals surface area contributed by atoms with Gasteiger partial charge in [0.2, 0.25) is 0 Å². The molecule has 0 fully saturated rings. The summed E-state index contributed by atoms with van der Waals surface area (Å²) in [6, 6.07) is 7.85. The number of rotatable bonds is 7. The molecule has 0 aliphatic heterocycles. The summed E-state index contributed by atoms with van der Waals surface area (Å²) in [5.41, 5.74) is 2.27. The normalized spacial score (nSPS) is 12.6. The maximum absolute atomic E-state index is 6.30. The van der Waals surface area contributed by atoms with Crippen LogP contribution < -0.4 is 5.32 Å². The van der Waals surface area contributed by atoms with E-state index in [9.17, 15) is 0 Å². The highest BCUT2D eigenvalue weighted by molar-refractivity contribution is 6.33. The van der Waals surface area contributed by atoms with Crippen molar-refractivity contribution in [2.75, 3.05) is 6.54 Å². The maximum atomic E-state index is 6.30. The second-order valence-corrected chi connectivity index (χ2v) is 5.94. The molecule has 0 aliphatic rings. The van der Waals surface area contributed by atoms with Crippen LogP contribution in [-0.2, 0) is 12.8 Å². The van der Waals surface area contributed by atoms with Crippen molar-refractivity contribution in [1.29, 1.82) is 0 Å². The largest absolute Gasteiger partial charge is 0.469 e. The zero-order chi connectivity index (χ0) is 15.2. The first-order valence-corrected chi connectivity index (χ1v) is 8.14. The number of aryl methyl sites for hydroxylation is 1. The molecule has 0 amide bonds. The monoisotopic (exact) mass is 325 g/mol. The highest BCUT2D eigenvalue weighted by Crippen LogP contribution is 2.28. The van der Waals surface area contributed by atoms with Gasteiger partial charge in [0.15, 0.2) is 0 Å². The summed E-state index contributed by atoms with van der Waals surface area (Å²) >= 11 is 12.4. The number of furan rings is 1. The fourth-order valence-electron chi connectivity index (χ4n) is 2.48. The van der Waals surface area contributed by atoms with E-state index >= 15 is 0 Å². The lowest BCUT2D eigenvalue weighted by molar-refractivity contribution is 0.481. The smallest absolute Gasteiger partial charge is 0.108 e. The predicted octanol–water partition coefficient (Wildman–Crippen LogP) is 5.43. The second kappa shape index (κ2) is 7.88. The van der Waals surface area contributed by atoms with Crippen LogP contribution in [0.1, 0.15) is 43.2 Å². The molecule has 0 bridgehead atoms. The Balaban J connectivity index is 2.26. The second-order valence-electron chi connectivity index (χ2n) is 5.10. The summed E-state index contributed by atoms with van der Waals surface area (Å²) in [4.78, 5) is 0. The van der Waals surface area contributed by atoms with Crippen molar-refractivity contribution in [2.24, 2.45) is 0 Å². The van der Waals surface area contributed by atoms with Gasteiger partial charge in [-0.2, -0.15) is 0 Å². The van der Waals surface area contributed by atoms with Gasteiger partial charge in [-0.05, 0) is 49.2 Å². The Hall–Kier alpha value is -0.960. The molecule has 2 aromatic rings. The van der Waals surface area contributed by atoms with Gasteiger partial charge in [-0.25, -0.2) is 0 Å². The highest BCUT2D eigenvalue weighted by Gasteiger charge is 2.18. The summed E-state index contributed by atoms with van der Waals surface area (Å²) in [6.45, 7) is 5.22. The Morgan fingerprint density at radius 2 is 2.00 bits per heavy atom. The molecule has 1 N–H and O–H groups in total. The van der Waals surface area contributed by atoms with Gasteiger partial charge >= 0.3 is 0 Å². The molecule has 1 atom stereocenters. The van der Waals surface area contributed by atoms with Crippen molar-refractivity contribution < 1.29 is 4.42 Å². The fraction of sp³-hybridized carbons (Fsp3) is 0.412. The van der Waals surface area contributed by atoms with Crippen molar-refractivity contribution in [3.8, 4) is 0 Å². The van der Waals surface area contributed by atoms with Crippen molar-refractivity contribution in [3.63, 3.8) is 0 Å². The molecule has 0 saturated carbocycles. The summed E-state index contributed by atoms with van der Waals surface area (Å²) in [5.74, 6) is 1.03. The first kappa shape index (κ1) is 16.4. The van der Waals surface area contributed by atoms with Crippen molar-refractivity contribution in [2.45, 2.75) is 39.2 Å². The molecule has 1 unspecified atom stereocenters. The van der Waals surface area contributed by atoms with E-state index in [0.717, 1.165) is 42.2 Å². The van der Waals surface area contributed by atoms with Crippen LogP contribution in [-0.4, -0.2) is 6.54 Å². The lowest BCUT2D eigenvalue weighted by atomic mass is 9.98. The van der Waals surface area contributed by atoms with Crippen LogP contribution in [0.3, 0.4) is 0 Å². The van der Waals surface area contributed by atoms with Gasteiger partial charge in [-0.3, -0.25) is 0 Å². The fourth-order valence-corrected chi connectivity index (χ4v) is 2.87. The average Bonchev–Trinajstić information content (AvgIpc) is 2.95. The minimum atomic E-state index is 0.189. The molecule has 0 spiro atoms. The van der Waals surface area contributed by atoms with E-state index in [-0.39, 0.29) is 6.04 Å². The molecule has 0 aliphatic carbocycles. The van der Waals surface area contributed by atoms with E-state index < -0.39 is 0 Å². The third-order valence-corrected chi connectivity index (χ3v) is 4.15. The van der Waals surface area contributed by atoms with Crippen LogP contribution in [0.4, 0.5) is 0 Å². The van der Waals surface area contributed by atoms with Crippen molar-refractivity contribution >= 4 is 23.2 Å². The van der Waals surface area contributed by atoms with Crippen LogP contribution >= 0.6 is 23.2 Å². The predicted molar refractivity (Wildman–Crippen MR) is 89.3 cm³/mol. The minimum Gasteiger partial charge on any atom is -0.469 e. The topological polar surface area (TPSA) is 25.2 Å². The number of hydrogen-bond donors (Lipinski definition) is 1. The van der Waals surface area contributed by atoms with Crippen LogP contribution in [0.2, 0.25) is 10.0 Å². The number of halogens is 2. The Bertz CT molecular complexity index is 580. The summed E-state index contributed by atoms with van der Waals surface area (Å²) in [6.07, 6.45) is 4.52. The van der Waals surface area contributed by atoms with E-state index in [1.54, 1.807) is 6.26 Å². The van der Waals surface area contributed by atoms with E-state index in [2.05, 4.69) is 19.2 Å². The zero-order valence-corrected chi connectivity index (χ0v) is 14.0. The highest BCUT2D eigenvalue weighted by atomic mass is 35.5. The Morgan fingerprint density at radius 1 is 1.19 bits per heavy atom. The average molecular weight is 326 g/mol. The molecule has 1 aromatic heterocycles. The number of hydrogen-bond acceptors (Lipinski definition) is 2. The molecule has 21 heavy (non-hydrogen) atoms. The lowest BCUT2D eigenvalue weighted by Gasteiger charge is -2.19. The van der Waals surface area contributed by atoms with Gasteiger partial charge in [0, 0.05) is 28.1 Å². The first-order chi connectivity index (χ1) is 10.2.